The largest absolute Gasteiger partial charge is 0.492 e. The van der Waals surface area contributed by atoms with Gasteiger partial charge in [-0.2, -0.15) is 0 Å². The van der Waals surface area contributed by atoms with E-state index >= 15 is 0 Å². The highest BCUT2D eigenvalue weighted by molar-refractivity contribution is 6.08. The zero-order valence-electron chi connectivity index (χ0n) is 16.4. The van der Waals surface area contributed by atoms with Crippen LogP contribution in [0.25, 0.3) is 22.4 Å². The van der Waals surface area contributed by atoms with Gasteiger partial charge in [0.25, 0.3) is 5.91 Å². The maximum atomic E-state index is 14.3. The first-order valence-corrected chi connectivity index (χ1v) is 9.47. The predicted octanol–water partition coefficient (Wildman–Crippen LogP) is 3.14. The van der Waals surface area contributed by atoms with Crippen LogP contribution in [0.1, 0.15) is 16.1 Å². The molecule has 0 saturated heterocycles. The average Bonchev–Trinajstić information content (AvgIpc) is 3.30. The summed E-state index contributed by atoms with van der Waals surface area (Å²) in [6, 6.07) is 6.53. The number of amides is 1. The van der Waals surface area contributed by atoms with Crippen molar-refractivity contribution < 1.29 is 13.9 Å². The third-order valence-corrected chi connectivity index (χ3v) is 5.29. The number of carbonyl (C=O) groups excluding carboxylic acids is 1. The number of nitrogens with zero attached hydrogens (tertiary/aromatic N) is 3. The molecule has 152 valence electrons. The highest BCUT2D eigenvalue weighted by Crippen LogP contribution is 2.40. The normalized spacial score (nSPS) is 13.2. The Hall–Kier alpha value is -3.88. The number of ether oxygens (including phenoxy) is 1. The molecule has 0 atom stereocenters. The highest BCUT2D eigenvalue weighted by Gasteiger charge is 2.29. The van der Waals surface area contributed by atoms with Crippen LogP contribution in [0.2, 0.25) is 0 Å². The summed E-state index contributed by atoms with van der Waals surface area (Å²) in [7, 11) is 3.31. The summed E-state index contributed by atoms with van der Waals surface area (Å²) in [5.41, 5.74) is 4.29. The lowest BCUT2D eigenvalue weighted by molar-refractivity contribution is 0.0947. The van der Waals surface area contributed by atoms with E-state index in [1.54, 1.807) is 12.1 Å². The molecule has 0 fully saturated rings. The monoisotopic (exact) mass is 406 g/mol. The predicted molar refractivity (Wildman–Crippen MR) is 111 cm³/mol. The van der Waals surface area contributed by atoms with Gasteiger partial charge in [-0.25, -0.2) is 14.4 Å². The Morgan fingerprint density at radius 1 is 1.27 bits per heavy atom. The number of hydrogen-bond acceptors (Lipinski definition) is 5. The molecule has 0 aliphatic carbocycles. The number of rotatable bonds is 4. The molecular weight excluding hydrogens is 387 g/mol. The lowest BCUT2D eigenvalue weighted by Crippen LogP contribution is -2.31. The lowest BCUT2D eigenvalue weighted by atomic mass is 10.1. The fourth-order valence-corrected chi connectivity index (χ4v) is 3.91. The van der Waals surface area contributed by atoms with Gasteiger partial charge in [0, 0.05) is 37.3 Å². The molecule has 0 unspecified atom stereocenters. The third-order valence-electron chi connectivity index (χ3n) is 5.29. The van der Waals surface area contributed by atoms with Crippen molar-refractivity contribution in [3.63, 3.8) is 0 Å². The van der Waals surface area contributed by atoms with Crippen molar-refractivity contribution in [2.75, 3.05) is 19.0 Å². The summed E-state index contributed by atoms with van der Waals surface area (Å²) >= 11 is 0. The molecule has 4 aromatic rings. The quantitative estimate of drug-likeness (QED) is 0.484. The molecule has 8 nitrogen and oxygen atoms in total. The standard InChI is InChI=1S/C21H19FN6O2/c1-28-9-7-11-16(24-10-25-20(11)28)18-17(15-13(26-18)6-8-23-21(15)29)27-14-5-3-4-12(22)19(14)30-2/h3-5,7,9-10,26-27H,6,8H2,1-2H3,(H,23,29). The number of hydrogen-bond donors (Lipinski definition) is 3. The molecule has 3 N–H and O–H groups in total. The second kappa shape index (κ2) is 6.87. The summed E-state index contributed by atoms with van der Waals surface area (Å²) in [5.74, 6) is -0.623. The Balaban J connectivity index is 1.75. The van der Waals surface area contributed by atoms with E-state index in [1.165, 1.54) is 19.5 Å². The molecule has 3 aromatic heterocycles. The van der Waals surface area contributed by atoms with E-state index in [-0.39, 0.29) is 11.7 Å². The Morgan fingerprint density at radius 2 is 2.13 bits per heavy atom. The number of aromatic amines is 1. The van der Waals surface area contributed by atoms with Gasteiger partial charge in [-0.05, 0) is 18.2 Å². The molecule has 0 saturated carbocycles. The van der Waals surface area contributed by atoms with Crippen molar-refractivity contribution in [2.45, 2.75) is 6.42 Å². The van der Waals surface area contributed by atoms with Crippen LogP contribution in [-0.4, -0.2) is 39.1 Å². The van der Waals surface area contributed by atoms with Crippen molar-refractivity contribution in [1.82, 2.24) is 24.8 Å². The minimum Gasteiger partial charge on any atom is -0.492 e. The maximum Gasteiger partial charge on any atom is 0.255 e. The van der Waals surface area contributed by atoms with Gasteiger partial charge >= 0.3 is 0 Å². The van der Waals surface area contributed by atoms with Crippen LogP contribution < -0.4 is 15.4 Å². The molecule has 5 rings (SSSR count). The number of anilines is 2. The van der Waals surface area contributed by atoms with Crippen LogP contribution >= 0.6 is 0 Å². The smallest absolute Gasteiger partial charge is 0.255 e. The average molecular weight is 406 g/mol. The van der Waals surface area contributed by atoms with Crippen LogP contribution in [0.15, 0.2) is 36.8 Å². The highest BCUT2D eigenvalue weighted by atomic mass is 19.1. The van der Waals surface area contributed by atoms with Crippen LogP contribution in [0.4, 0.5) is 15.8 Å². The third kappa shape index (κ3) is 2.70. The van der Waals surface area contributed by atoms with Gasteiger partial charge < -0.3 is 24.9 Å². The van der Waals surface area contributed by atoms with Crippen molar-refractivity contribution in [1.29, 1.82) is 0 Å². The van der Waals surface area contributed by atoms with Gasteiger partial charge in [0.2, 0.25) is 0 Å². The summed E-state index contributed by atoms with van der Waals surface area (Å²) < 4.78 is 21.4. The summed E-state index contributed by atoms with van der Waals surface area (Å²) in [5, 5.41) is 6.93. The van der Waals surface area contributed by atoms with Crippen LogP contribution in [0, 0.1) is 5.82 Å². The Labute approximate surface area is 171 Å². The number of methoxy groups -OCH3 is 1. The van der Waals surface area contributed by atoms with Crippen LogP contribution in [0.5, 0.6) is 5.75 Å². The molecule has 0 spiro atoms. The molecular formula is C21H19FN6O2. The Morgan fingerprint density at radius 3 is 2.97 bits per heavy atom. The number of para-hydroxylation sites is 1. The number of H-pyrrole nitrogens is 1. The van der Waals surface area contributed by atoms with E-state index in [1.807, 2.05) is 23.9 Å². The van der Waals surface area contributed by atoms with Gasteiger partial charge in [-0.15, -0.1) is 0 Å². The summed E-state index contributed by atoms with van der Waals surface area (Å²) in [6.45, 7) is 0.541. The van der Waals surface area contributed by atoms with E-state index < -0.39 is 5.82 Å². The number of nitrogens with one attached hydrogen (secondary N) is 3. The second-order valence-electron chi connectivity index (χ2n) is 7.07. The molecule has 4 heterocycles. The molecule has 1 aliphatic rings. The first kappa shape index (κ1) is 18.2. The van der Waals surface area contributed by atoms with Crippen LogP contribution in [0.3, 0.4) is 0 Å². The summed E-state index contributed by atoms with van der Waals surface area (Å²) in [4.78, 5) is 24.9. The van der Waals surface area contributed by atoms with Crippen molar-refractivity contribution >= 4 is 28.3 Å². The first-order valence-electron chi connectivity index (χ1n) is 9.47. The SMILES string of the molecule is COc1c(F)cccc1Nc1c(-c2ncnc3c2ccn3C)[nH]c2c1C(=O)NCC2. The molecule has 30 heavy (non-hydrogen) atoms. The number of carbonyl (C=O) groups is 1. The molecule has 1 aromatic carbocycles. The number of aromatic nitrogens is 4. The van der Waals surface area contributed by atoms with E-state index in [0.29, 0.717) is 41.3 Å². The molecule has 9 heteroatoms. The van der Waals surface area contributed by atoms with Crippen molar-refractivity contribution in [3.05, 3.63) is 53.9 Å². The zero-order valence-corrected chi connectivity index (χ0v) is 16.4. The minimum atomic E-state index is -0.495. The fraction of sp³-hybridized carbons (Fsp3) is 0.190. The van der Waals surface area contributed by atoms with Gasteiger partial charge in [0.1, 0.15) is 17.7 Å². The molecule has 1 amide bonds. The van der Waals surface area contributed by atoms with Crippen LogP contribution in [-0.2, 0) is 13.5 Å². The van der Waals surface area contributed by atoms with E-state index in [9.17, 15) is 9.18 Å². The van der Waals surface area contributed by atoms with E-state index in [0.717, 1.165) is 16.7 Å². The van der Waals surface area contributed by atoms with Gasteiger partial charge in [-0.3, -0.25) is 4.79 Å². The topological polar surface area (TPSA) is 96.9 Å². The van der Waals surface area contributed by atoms with Gasteiger partial charge in [-0.1, -0.05) is 6.07 Å². The number of halogens is 1. The molecule has 0 radical (unpaired) electrons. The summed E-state index contributed by atoms with van der Waals surface area (Å²) in [6.07, 6.45) is 4.05. The Kier molecular flexibility index (Phi) is 4.16. The number of benzene rings is 1. The van der Waals surface area contributed by atoms with E-state index in [4.69, 9.17) is 4.74 Å². The van der Waals surface area contributed by atoms with Crippen molar-refractivity contribution in [3.8, 4) is 17.1 Å². The first-order chi connectivity index (χ1) is 14.6. The van der Waals surface area contributed by atoms with Gasteiger partial charge in [0.15, 0.2) is 11.6 Å². The Bertz CT molecular complexity index is 1290. The molecule has 0 bridgehead atoms. The lowest BCUT2D eigenvalue weighted by Gasteiger charge is -2.16. The zero-order chi connectivity index (χ0) is 20.8. The van der Waals surface area contributed by atoms with E-state index in [2.05, 4.69) is 25.6 Å². The number of fused-ring (bicyclic) bond motifs is 2. The molecule has 1 aliphatic heterocycles. The van der Waals surface area contributed by atoms with Gasteiger partial charge in [0.05, 0.1) is 29.7 Å². The minimum absolute atomic E-state index is 0.0714. The van der Waals surface area contributed by atoms with Crippen molar-refractivity contribution in [2.24, 2.45) is 7.05 Å². The maximum absolute atomic E-state index is 14.3. The second-order valence-corrected chi connectivity index (χ2v) is 7.07. The number of aryl methyl sites for hydroxylation is 1. The fourth-order valence-electron chi connectivity index (χ4n) is 3.91.